The Kier molecular flexibility index (Phi) is 6.14. The Balaban J connectivity index is 0.00000180. The Morgan fingerprint density at radius 3 is 2.68 bits per heavy atom. The second kappa shape index (κ2) is 7.15. The van der Waals surface area contributed by atoms with Gasteiger partial charge in [-0.05, 0) is 37.5 Å². The number of halogens is 1. The highest BCUT2D eigenvalue weighted by molar-refractivity contribution is 7.80. The van der Waals surface area contributed by atoms with Gasteiger partial charge in [0.15, 0.2) is 0 Å². The molecule has 0 unspecified atom stereocenters. The molecule has 0 aliphatic rings. The molecular formula is C15H21BrN2S. The van der Waals surface area contributed by atoms with E-state index in [4.69, 9.17) is 0 Å². The molecule has 0 atom stereocenters. The van der Waals surface area contributed by atoms with E-state index in [1.54, 1.807) is 0 Å². The van der Waals surface area contributed by atoms with Crippen LogP contribution in [0.1, 0.15) is 30.9 Å². The molecule has 2 aromatic rings. The normalized spacial score (nSPS) is 10.3. The van der Waals surface area contributed by atoms with Gasteiger partial charge in [-0.3, -0.25) is 0 Å². The molecule has 0 saturated carbocycles. The van der Waals surface area contributed by atoms with Crippen LogP contribution in [0.5, 0.6) is 0 Å². The van der Waals surface area contributed by atoms with Crippen molar-refractivity contribution >= 4 is 12.6 Å². The van der Waals surface area contributed by atoms with Crippen LogP contribution in [0.25, 0.3) is 5.69 Å². The number of nitrogens with zero attached hydrogens (tertiary/aromatic N) is 2. The first-order chi connectivity index (χ1) is 8.61. The molecule has 1 aromatic carbocycles. The molecule has 0 fully saturated rings. The molecule has 1 heterocycles. The van der Waals surface area contributed by atoms with Crippen LogP contribution in [0.4, 0.5) is 0 Å². The first-order valence-corrected chi connectivity index (χ1v) is 6.94. The van der Waals surface area contributed by atoms with E-state index < -0.39 is 0 Å². The summed E-state index contributed by atoms with van der Waals surface area (Å²) in [5, 5.41) is 0. The van der Waals surface area contributed by atoms with Crippen LogP contribution in [0.3, 0.4) is 0 Å². The van der Waals surface area contributed by atoms with Crippen molar-refractivity contribution in [2.24, 2.45) is 0 Å². The standard InChI is InChI=1S/C15H20N2S.BrH/c1-4-5-6-16-7-8-17(11-16)14-10-12(2)9-13(3)15(14)18;/h7-11H,4-6H2,1-3H3;1H. The molecule has 4 heteroatoms. The van der Waals surface area contributed by atoms with E-state index in [9.17, 15) is 0 Å². The van der Waals surface area contributed by atoms with Crippen molar-refractivity contribution in [1.29, 1.82) is 0 Å². The van der Waals surface area contributed by atoms with Gasteiger partial charge in [-0.25, -0.2) is 9.13 Å². The topological polar surface area (TPSA) is 8.81 Å². The molecular weight excluding hydrogens is 320 g/mol. The van der Waals surface area contributed by atoms with Crippen LogP contribution in [-0.2, 0) is 6.54 Å². The summed E-state index contributed by atoms with van der Waals surface area (Å²) >= 11 is 4.62. The van der Waals surface area contributed by atoms with Gasteiger partial charge in [-0.2, -0.15) is 0 Å². The number of hydrogen-bond donors (Lipinski definition) is 1. The SMILES string of the molecule is CCCC[n+]1ccn(-c2cc(C)cc(C)c2S)c1.[Br-]. The number of rotatable bonds is 4. The van der Waals surface area contributed by atoms with Crippen molar-refractivity contribution < 1.29 is 21.5 Å². The molecule has 1 aromatic heterocycles. The lowest BCUT2D eigenvalue weighted by Gasteiger charge is -2.05. The van der Waals surface area contributed by atoms with Gasteiger partial charge in [-0.1, -0.05) is 19.4 Å². The van der Waals surface area contributed by atoms with E-state index >= 15 is 0 Å². The summed E-state index contributed by atoms with van der Waals surface area (Å²) in [4.78, 5) is 1.05. The van der Waals surface area contributed by atoms with Crippen LogP contribution < -0.4 is 21.5 Å². The van der Waals surface area contributed by atoms with Gasteiger partial charge in [0, 0.05) is 0 Å². The summed E-state index contributed by atoms with van der Waals surface area (Å²) in [5.41, 5.74) is 3.65. The van der Waals surface area contributed by atoms with E-state index in [1.165, 1.54) is 24.0 Å². The van der Waals surface area contributed by atoms with E-state index in [0.717, 1.165) is 17.1 Å². The Labute approximate surface area is 131 Å². The fraction of sp³-hybridized carbons (Fsp3) is 0.400. The van der Waals surface area contributed by atoms with E-state index in [1.807, 2.05) is 0 Å². The van der Waals surface area contributed by atoms with Crippen molar-refractivity contribution in [2.75, 3.05) is 0 Å². The van der Waals surface area contributed by atoms with Gasteiger partial charge in [0.05, 0.1) is 11.4 Å². The number of aryl methyl sites for hydroxylation is 3. The Hall–Kier alpha value is -0.740. The Bertz CT molecular complexity index is 549. The zero-order valence-electron chi connectivity index (χ0n) is 11.7. The number of benzene rings is 1. The monoisotopic (exact) mass is 340 g/mol. The predicted octanol–water partition coefficient (Wildman–Crippen LogP) is 0.474. The average Bonchev–Trinajstić information content (AvgIpc) is 2.79. The molecule has 0 aliphatic carbocycles. The summed E-state index contributed by atoms with van der Waals surface area (Å²) in [6.07, 6.45) is 8.81. The molecule has 0 aliphatic heterocycles. The van der Waals surface area contributed by atoms with Crippen LogP contribution in [0.15, 0.2) is 35.7 Å². The molecule has 2 nitrogen and oxygen atoms in total. The van der Waals surface area contributed by atoms with Crippen molar-refractivity contribution in [3.05, 3.63) is 42.0 Å². The molecule has 0 radical (unpaired) electrons. The number of imidazole rings is 1. The maximum Gasteiger partial charge on any atom is 0.249 e. The van der Waals surface area contributed by atoms with Gasteiger partial charge >= 0.3 is 0 Å². The molecule has 0 saturated heterocycles. The maximum atomic E-state index is 4.62. The number of aromatic nitrogens is 2. The number of unbranched alkanes of at least 4 members (excludes halogenated alkanes) is 1. The zero-order valence-corrected chi connectivity index (χ0v) is 14.2. The lowest BCUT2D eigenvalue weighted by Crippen LogP contribution is -3.00. The third-order valence-electron chi connectivity index (χ3n) is 3.16. The van der Waals surface area contributed by atoms with Gasteiger partial charge in [-0.15, -0.1) is 12.6 Å². The highest BCUT2D eigenvalue weighted by Crippen LogP contribution is 2.23. The van der Waals surface area contributed by atoms with Gasteiger partial charge in [0.25, 0.3) is 0 Å². The first kappa shape index (κ1) is 16.3. The summed E-state index contributed by atoms with van der Waals surface area (Å²) in [7, 11) is 0. The molecule has 0 N–H and O–H groups in total. The van der Waals surface area contributed by atoms with Crippen molar-refractivity contribution in [1.82, 2.24) is 4.57 Å². The minimum absolute atomic E-state index is 0. The van der Waals surface area contributed by atoms with E-state index in [0.29, 0.717) is 0 Å². The van der Waals surface area contributed by atoms with Gasteiger partial charge in [0.2, 0.25) is 6.33 Å². The van der Waals surface area contributed by atoms with Crippen LogP contribution in [0.2, 0.25) is 0 Å². The predicted molar refractivity (Wildman–Crippen MR) is 77.6 cm³/mol. The fourth-order valence-corrected chi connectivity index (χ4v) is 2.39. The molecule has 0 bridgehead atoms. The largest absolute Gasteiger partial charge is 1.00 e. The molecule has 19 heavy (non-hydrogen) atoms. The lowest BCUT2D eigenvalue weighted by molar-refractivity contribution is -0.696. The highest BCUT2D eigenvalue weighted by atomic mass is 79.9. The van der Waals surface area contributed by atoms with E-state index in [-0.39, 0.29) is 17.0 Å². The second-order valence-electron chi connectivity index (χ2n) is 4.86. The molecule has 2 rings (SSSR count). The average molecular weight is 341 g/mol. The lowest BCUT2D eigenvalue weighted by atomic mass is 10.1. The zero-order chi connectivity index (χ0) is 13.1. The quantitative estimate of drug-likeness (QED) is 0.612. The molecule has 0 spiro atoms. The third kappa shape index (κ3) is 3.86. The van der Waals surface area contributed by atoms with Crippen LogP contribution in [-0.4, -0.2) is 4.57 Å². The minimum atomic E-state index is 0. The van der Waals surface area contributed by atoms with Gasteiger partial charge in [0.1, 0.15) is 18.1 Å². The summed E-state index contributed by atoms with van der Waals surface area (Å²) in [6.45, 7) is 7.52. The summed E-state index contributed by atoms with van der Waals surface area (Å²) in [6, 6.07) is 4.35. The summed E-state index contributed by atoms with van der Waals surface area (Å²) < 4.78 is 4.38. The highest BCUT2D eigenvalue weighted by Gasteiger charge is 2.11. The molecule has 0 amide bonds. The number of thiol groups is 1. The van der Waals surface area contributed by atoms with Crippen LogP contribution >= 0.6 is 12.6 Å². The summed E-state index contributed by atoms with van der Waals surface area (Å²) in [5.74, 6) is 0. The van der Waals surface area contributed by atoms with Crippen molar-refractivity contribution in [2.45, 2.75) is 45.1 Å². The molecule has 104 valence electrons. The van der Waals surface area contributed by atoms with E-state index in [2.05, 4.69) is 73.4 Å². The Morgan fingerprint density at radius 2 is 2.00 bits per heavy atom. The fourth-order valence-electron chi connectivity index (χ4n) is 2.14. The first-order valence-electron chi connectivity index (χ1n) is 6.49. The maximum absolute atomic E-state index is 4.62. The number of hydrogen-bond acceptors (Lipinski definition) is 1. The second-order valence-corrected chi connectivity index (χ2v) is 5.31. The van der Waals surface area contributed by atoms with Crippen molar-refractivity contribution in [3.8, 4) is 5.69 Å². The third-order valence-corrected chi connectivity index (χ3v) is 3.75. The van der Waals surface area contributed by atoms with Gasteiger partial charge < -0.3 is 17.0 Å². The van der Waals surface area contributed by atoms with Crippen LogP contribution in [0, 0.1) is 13.8 Å². The van der Waals surface area contributed by atoms with Crippen molar-refractivity contribution in [3.63, 3.8) is 0 Å². The smallest absolute Gasteiger partial charge is 0.249 e. The minimum Gasteiger partial charge on any atom is -1.00 e. The Morgan fingerprint density at radius 1 is 1.26 bits per heavy atom.